The zero-order valence-corrected chi connectivity index (χ0v) is 16.0. The van der Waals surface area contributed by atoms with Crippen molar-refractivity contribution in [2.24, 2.45) is 0 Å². The average Bonchev–Trinajstić information content (AvgIpc) is 3.07. The fraction of sp³-hybridized carbons (Fsp3) is 0.286. The van der Waals surface area contributed by atoms with Crippen LogP contribution >= 0.6 is 0 Å². The van der Waals surface area contributed by atoms with Crippen LogP contribution in [0.15, 0.2) is 53.6 Å². The van der Waals surface area contributed by atoms with Crippen molar-refractivity contribution >= 4 is 16.9 Å². The Bertz CT molecular complexity index is 1240. The van der Waals surface area contributed by atoms with E-state index in [1.54, 1.807) is 10.5 Å². The average molecular weight is 374 g/mol. The molecule has 0 unspecified atom stereocenters. The Morgan fingerprint density at radius 2 is 2.07 bits per heavy atom. The number of nitrogens with one attached hydrogen (secondary N) is 1. The van der Waals surface area contributed by atoms with Crippen LogP contribution in [0.25, 0.3) is 22.4 Å². The molecule has 0 aromatic carbocycles. The van der Waals surface area contributed by atoms with Crippen molar-refractivity contribution in [3.05, 3.63) is 64.8 Å². The van der Waals surface area contributed by atoms with Gasteiger partial charge >= 0.3 is 0 Å². The number of anilines is 1. The summed E-state index contributed by atoms with van der Waals surface area (Å²) in [6, 6.07) is 12.0. The Kier molecular flexibility index (Phi) is 3.91. The molecule has 1 aliphatic heterocycles. The minimum Gasteiger partial charge on any atom is -0.368 e. The fourth-order valence-corrected chi connectivity index (χ4v) is 3.87. The van der Waals surface area contributed by atoms with Crippen molar-refractivity contribution in [2.45, 2.75) is 19.9 Å². The molecule has 0 amide bonds. The van der Waals surface area contributed by atoms with Crippen LogP contribution in [0, 0.1) is 6.92 Å². The van der Waals surface area contributed by atoms with Gasteiger partial charge in [0.25, 0.3) is 5.56 Å². The van der Waals surface area contributed by atoms with Gasteiger partial charge in [0.1, 0.15) is 5.65 Å². The highest BCUT2D eigenvalue weighted by atomic mass is 16.1. The van der Waals surface area contributed by atoms with E-state index in [9.17, 15) is 4.79 Å². The number of piperazine rings is 1. The summed E-state index contributed by atoms with van der Waals surface area (Å²) in [5.41, 5.74) is 5.16. The van der Waals surface area contributed by atoms with Crippen molar-refractivity contribution in [3.63, 3.8) is 0 Å². The van der Waals surface area contributed by atoms with E-state index in [-0.39, 0.29) is 5.56 Å². The summed E-state index contributed by atoms with van der Waals surface area (Å²) in [5, 5.41) is 7.84. The Balaban J connectivity index is 1.56. The molecule has 28 heavy (non-hydrogen) atoms. The van der Waals surface area contributed by atoms with Crippen molar-refractivity contribution in [2.75, 3.05) is 24.5 Å². The van der Waals surface area contributed by atoms with E-state index in [1.807, 2.05) is 54.2 Å². The molecule has 0 bridgehead atoms. The maximum atomic E-state index is 12.8. The lowest BCUT2D eigenvalue weighted by Gasteiger charge is -2.33. The van der Waals surface area contributed by atoms with Gasteiger partial charge in [0, 0.05) is 49.7 Å². The van der Waals surface area contributed by atoms with E-state index in [1.165, 1.54) is 0 Å². The molecule has 142 valence electrons. The minimum absolute atomic E-state index is 0.0744. The van der Waals surface area contributed by atoms with Gasteiger partial charge in [-0.25, -0.2) is 9.50 Å². The van der Waals surface area contributed by atoms with Gasteiger partial charge in [-0.15, -0.1) is 0 Å². The van der Waals surface area contributed by atoms with E-state index < -0.39 is 0 Å². The summed E-state index contributed by atoms with van der Waals surface area (Å²) in [6.07, 6.45) is 3.80. The third-order valence-electron chi connectivity index (χ3n) is 5.26. The molecule has 4 aromatic heterocycles. The Hall–Kier alpha value is -3.19. The molecule has 1 fully saturated rings. The van der Waals surface area contributed by atoms with Crippen molar-refractivity contribution in [1.82, 2.24) is 24.3 Å². The Morgan fingerprint density at radius 3 is 2.93 bits per heavy atom. The van der Waals surface area contributed by atoms with Crippen LogP contribution in [0.1, 0.15) is 12.6 Å². The van der Waals surface area contributed by atoms with E-state index in [0.29, 0.717) is 17.4 Å². The summed E-state index contributed by atoms with van der Waals surface area (Å²) < 4.78 is 3.46. The highest BCUT2D eigenvalue weighted by Crippen LogP contribution is 2.21. The molecule has 1 atom stereocenters. The number of hydrogen-bond donors (Lipinski definition) is 1. The van der Waals surface area contributed by atoms with Crippen molar-refractivity contribution < 1.29 is 0 Å². The second kappa shape index (κ2) is 6.45. The number of hydrogen-bond acceptors (Lipinski definition) is 5. The fourth-order valence-electron chi connectivity index (χ4n) is 3.87. The zero-order valence-electron chi connectivity index (χ0n) is 16.0. The van der Waals surface area contributed by atoms with Gasteiger partial charge < -0.3 is 10.2 Å². The Labute approximate surface area is 162 Å². The number of pyridine rings is 2. The molecule has 1 saturated heterocycles. The quantitative estimate of drug-likeness (QED) is 0.582. The third kappa shape index (κ3) is 2.93. The predicted octanol–water partition coefficient (Wildman–Crippen LogP) is 2.12. The molecule has 1 aliphatic rings. The van der Waals surface area contributed by atoms with Gasteiger partial charge in [0.2, 0.25) is 0 Å². The molecule has 0 spiro atoms. The first kappa shape index (κ1) is 16.9. The molecule has 5 heterocycles. The first-order chi connectivity index (χ1) is 13.6. The van der Waals surface area contributed by atoms with Crippen LogP contribution in [0.4, 0.5) is 5.69 Å². The molecule has 7 heteroatoms. The summed E-state index contributed by atoms with van der Waals surface area (Å²) in [4.78, 5) is 19.8. The molecule has 4 aromatic rings. The number of aryl methyl sites for hydroxylation is 1. The van der Waals surface area contributed by atoms with E-state index in [2.05, 4.69) is 22.2 Å². The zero-order chi connectivity index (χ0) is 19.3. The maximum Gasteiger partial charge on any atom is 0.258 e. The van der Waals surface area contributed by atoms with Crippen LogP contribution in [0.2, 0.25) is 0 Å². The third-order valence-corrected chi connectivity index (χ3v) is 5.26. The minimum atomic E-state index is -0.0744. The summed E-state index contributed by atoms with van der Waals surface area (Å²) in [6.45, 7) is 6.94. The largest absolute Gasteiger partial charge is 0.368 e. The van der Waals surface area contributed by atoms with Gasteiger partial charge in [-0.3, -0.25) is 9.20 Å². The summed E-state index contributed by atoms with van der Waals surface area (Å²) in [7, 11) is 0. The molecule has 0 saturated carbocycles. The van der Waals surface area contributed by atoms with Gasteiger partial charge in [0.15, 0.2) is 0 Å². The smallest absolute Gasteiger partial charge is 0.258 e. The maximum absolute atomic E-state index is 12.8. The van der Waals surface area contributed by atoms with Crippen LogP contribution in [0.3, 0.4) is 0 Å². The molecule has 0 aliphatic carbocycles. The molecule has 0 radical (unpaired) electrons. The van der Waals surface area contributed by atoms with Crippen LogP contribution < -0.4 is 15.8 Å². The van der Waals surface area contributed by atoms with E-state index in [0.717, 1.165) is 42.1 Å². The second-order valence-corrected chi connectivity index (χ2v) is 7.47. The van der Waals surface area contributed by atoms with Crippen LogP contribution in [-0.4, -0.2) is 44.7 Å². The normalized spacial score (nSPS) is 17.5. The number of aromatic nitrogens is 4. The summed E-state index contributed by atoms with van der Waals surface area (Å²) >= 11 is 0. The van der Waals surface area contributed by atoms with Crippen molar-refractivity contribution in [3.8, 4) is 11.3 Å². The van der Waals surface area contributed by atoms with E-state index in [4.69, 9.17) is 4.98 Å². The lowest BCUT2D eigenvalue weighted by atomic mass is 10.1. The summed E-state index contributed by atoms with van der Waals surface area (Å²) in [5.74, 6) is 0. The lowest BCUT2D eigenvalue weighted by molar-refractivity contribution is 0.484. The predicted molar refractivity (Wildman–Crippen MR) is 110 cm³/mol. The van der Waals surface area contributed by atoms with Gasteiger partial charge in [-0.1, -0.05) is 0 Å². The highest BCUT2D eigenvalue weighted by Gasteiger charge is 2.17. The van der Waals surface area contributed by atoms with Gasteiger partial charge in [0.05, 0.1) is 22.6 Å². The lowest BCUT2D eigenvalue weighted by Crippen LogP contribution is -2.49. The van der Waals surface area contributed by atoms with Gasteiger partial charge in [-0.05, 0) is 44.2 Å². The Morgan fingerprint density at radius 1 is 1.18 bits per heavy atom. The topological polar surface area (TPSA) is 66.9 Å². The number of fused-ring (bicyclic) bond motifs is 2. The van der Waals surface area contributed by atoms with Crippen molar-refractivity contribution in [1.29, 1.82) is 0 Å². The molecule has 7 nitrogen and oxygen atoms in total. The van der Waals surface area contributed by atoms with Crippen LogP contribution in [-0.2, 0) is 0 Å². The monoisotopic (exact) mass is 374 g/mol. The van der Waals surface area contributed by atoms with Gasteiger partial charge in [-0.2, -0.15) is 5.10 Å². The molecule has 5 rings (SSSR count). The molecule has 1 N–H and O–H groups in total. The molecular formula is C21H22N6O. The van der Waals surface area contributed by atoms with Crippen LogP contribution in [0.5, 0.6) is 0 Å². The first-order valence-corrected chi connectivity index (χ1v) is 9.55. The number of rotatable bonds is 2. The standard InChI is InChI=1S/C21H22N6O/c1-14-9-18-10-16(5-7-27(18)24-14)19-11-21(28)26-13-17(3-4-20(26)23-19)25-8-6-22-15(2)12-25/h3-5,7,9-11,13,15,22H,6,8,12H2,1-2H3/t15-/m1/s1. The highest BCUT2D eigenvalue weighted by molar-refractivity contribution is 5.67. The number of nitrogens with zero attached hydrogens (tertiary/aromatic N) is 5. The molecular weight excluding hydrogens is 352 g/mol. The SMILES string of the molecule is Cc1cc2cc(-c3cc(=O)n4cc(N5CCN[C@H](C)C5)ccc4n3)ccn2n1. The first-order valence-electron chi connectivity index (χ1n) is 9.55. The second-order valence-electron chi connectivity index (χ2n) is 7.47. The van der Waals surface area contributed by atoms with E-state index >= 15 is 0 Å².